The molecule has 0 aliphatic carbocycles. The Hall–Kier alpha value is -2.53. The SMILES string of the molecule is COc1ccc(Cl)cc1C(=O)Nc1ccccc1C(N)=O. The summed E-state index contributed by atoms with van der Waals surface area (Å²) in [7, 11) is 1.46. The van der Waals surface area contributed by atoms with E-state index in [1.165, 1.54) is 19.2 Å². The third-order valence-electron chi connectivity index (χ3n) is 2.85. The van der Waals surface area contributed by atoms with Crippen molar-refractivity contribution in [2.45, 2.75) is 0 Å². The van der Waals surface area contributed by atoms with E-state index in [9.17, 15) is 9.59 Å². The molecule has 0 saturated carbocycles. The Morgan fingerprint density at radius 2 is 1.86 bits per heavy atom. The zero-order chi connectivity index (χ0) is 15.4. The van der Waals surface area contributed by atoms with Crippen LogP contribution < -0.4 is 15.8 Å². The molecule has 0 heterocycles. The number of amides is 2. The third kappa shape index (κ3) is 3.32. The fraction of sp³-hybridized carbons (Fsp3) is 0.0667. The van der Waals surface area contributed by atoms with Gasteiger partial charge in [0, 0.05) is 5.02 Å². The molecule has 21 heavy (non-hydrogen) atoms. The quantitative estimate of drug-likeness (QED) is 0.911. The summed E-state index contributed by atoms with van der Waals surface area (Å²) in [6.45, 7) is 0. The van der Waals surface area contributed by atoms with Gasteiger partial charge < -0.3 is 15.8 Å². The number of halogens is 1. The highest BCUT2D eigenvalue weighted by Gasteiger charge is 2.15. The molecule has 0 aliphatic heterocycles. The average Bonchev–Trinajstić information content (AvgIpc) is 2.47. The Morgan fingerprint density at radius 1 is 1.14 bits per heavy atom. The van der Waals surface area contributed by atoms with Crippen LogP contribution in [0, 0.1) is 0 Å². The molecule has 0 bridgehead atoms. The number of rotatable bonds is 4. The number of primary amides is 1. The second kappa shape index (κ2) is 6.28. The number of para-hydroxylation sites is 1. The van der Waals surface area contributed by atoms with Crippen LogP contribution >= 0.6 is 11.6 Å². The number of carbonyl (C=O) groups excluding carboxylic acids is 2. The van der Waals surface area contributed by atoms with Gasteiger partial charge in [0.1, 0.15) is 5.75 Å². The highest BCUT2D eigenvalue weighted by Crippen LogP contribution is 2.24. The van der Waals surface area contributed by atoms with Crippen LogP contribution in [0.4, 0.5) is 5.69 Å². The fourth-order valence-electron chi connectivity index (χ4n) is 1.85. The first-order valence-electron chi connectivity index (χ1n) is 6.06. The second-order valence-electron chi connectivity index (χ2n) is 4.21. The smallest absolute Gasteiger partial charge is 0.259 e. The van der Waals surface area contributed by atoms with Gasteiger partial charge in [-0.2, -0.15) is 0 Å². The van der Waals surface area contributed by atoms with E-state index in [1.807, 2.05) is 0 Å². The lowest BCUT2D eigenvalue weighted by molar-refractivity contribution is 0.100. The number of nitrogens with two attached hydrogens (primary N) is 1. The molecule has 2 amide bonds. The number of hydrogen-bond acceptors (Lipinski definition) is 3. The van der Waals surface area contributed by atoms with Crippen LogP contribution in [-0.2, 0) is 0 Å². The molecule has 2 aromatic rings. The minimum absolute atomic E-state index is 0.229. The van der Waals surface area contributed by atoms with Crippen molar-refractivity contribution in [2.75, 3.05) is 12.4 Å². The number of methoxy groups -OCH3 is 1. The molecule has 0 radical (unpaired) electrons. The maximum atomic E-state index is 12.3. The van der Waals surface area contributed by atoms with Crippen molar-refractivity contribution in [3.05, 3.63) is 58.6 Å². The van der Waals surface area contributed by atoms with Gasteiger partial charge in [-0.1, -0.05) is 23.7 Å². The molecule has 2 rings (SSSR count). The summed E-state index contributed by atoms with van der Waals surface area (Å²) >= 11 is 5.89. The summed E-state index contributed by atoms with van der Waals surface area (Å²) < 4.78 is 5.13. The van der Waals surface area contributed by atoms with Crippen molar-refractivity contribution in [3.8, 4) is 5.75 Å². The molecule has 6 heteroatoms. The topological polar surface area (TPSA) is 81.4 Å². The Labute approximate surface area is 126 Å². The van der Waals surface area contributed by atoms with Crippen molar-refractivity contribution in [3.63, 3.8) is 0 Å². The van der Waals surface area contributed by atoms with Crippen LogP contribution in [0.15, 0.2) is 42.5 Å². The van der Waals surface area contributed by atoms with Crippen LogP contribution in [-0.4, -0.2) is 18.9 Å². The summed E-state index contributed by atoms with van der Waals surface area (Å²) in [5.41, 5.74) is 6.10. The zero-order valence-electron chi connectivity index (χ0n) is 11.2. The lowest BCUT2D eigenvalue weighted by Gasteiger charge is -2.11. The molecule has 0 unspecified atom stereocenters. The molecule has 108 valence electrons. The summed E-state index contributed by atoms with van der Waals surface area (Å²) in [5.74, 6) is -0.680. The zero-order valence-corrected chi connectivity index (χ0v) is 12.0. The summed E-state index contributed by atoms with van der Waals surface area (Å²) in [6, 6.07) is 11.2. The molecule has 3 N–H and O–H groups in total. The predicted octanol–water partition coefficient (Wildman–Crippen LogP) is 2.70. The Morgan fingerprint density at radius 3 is 2.52 bits per heavy atom. The molecule has 5 nitrogen and oxygen atoms in total. The molecule has 0 fully saturated rings. The molecule has 0 atom stereocenters. The maximum absolute atomic E-state index is 12.3. The van der Waals surface area contributed by atoms with E-state index in [1.54, 1.807) is 30.3 Å². The number of carbonyl (C=O) groups is 2. The largest absolute Gasteiger partial charge is 0.496 e. The van der Waals surface area contributed by atoms with Crippen molar-refractivity contribution in [1.82, 2.24) is 0 Å². The van der Waals surface area contributed by atoms with Gasteiger partial charge in [0.2, 0.25) is 0 Å². The molecule has 0 aromatic heterocycles. The highest BCUT2D eigenvalue weighted by molar-refractivity contribution is 6.31. The Kier molecular flexibility index (Phi) is 4.45. The van der Waals surface area contributed by atoms with Crippen molar-refractivity contribution in [1.29, 1.82) is 0 Å². The van der Waals surface area contributed by atoms with Gasteiger partial charge >= 0.3 is 0 Å². The van der Waals surface area contributed by atoms with E-state index in [0.29, 0.717) is 16.5 Å². The first-order valence-corrected chi connectivity index (χ1v) is 6.44. The van der Waals surface area contributed by atoms with Crippen LogP contribution in [0.1, 0.15) is 20.7 Å². The summed E-state index contributed by atoms with van der Waals surface area (Å²) in [4.78, 5) is 23.7. The number of anilines is 1. The standard InChI is InChI=1S/C15H13ClN2O3/c1-21-13-7-6-9(16)8-11(13)15(20)18-12-5-3-2-4-10(12)14(17)19/h2-8H,1H3,(H2,17,19)(H,18,20). The molecular weight excluding hydrogens is 292 g/mol. The van der Waals surface area contributed by atoms with Gasteiger partial charge in [0.25, 0.3) is 11.8 Å². The van der Waals surface area contributed by atoms with Gasteiger partial charge in [-0.25, -0.2) is 0 Å². The van der Waals surface area contributed by atoms with E-state index >= 15 is 0 Å². The van der Waals surface area contributed by atoms with Gasteiger partial charge in [0.05, 0.1) is 23.9 Å². The normalized spacial score (nSPS) is 10.0. The van der Waals surface area contributed by atoms with E-state index in [4.69, 9.17) is 22.1 Å². The minimum atomic E-state index is -0.621. The van der Waals surface area contributed by atoms with Crippen molar-refractivity contribution >= 4 is 29.1 Å². The second-order valence-corrected chi connectivity index (χ2v) is 4.64. The monoisotopic (exact) mass is 304 g/mol. The predicted molar refractivity (Wildman–Crippen MR) is 80.9 cm³/mol. The molecular formula is C15H13ClN2O3. The number of nitrogens with one attached hydrogen (secondary N) is 1. The summed E-state index contributed by atoms with van der Waals surface area (Å²) in [6.07, 6.45) is 0. The molecule has 0 spiro atoms. The first-order chi connectivity index (χ1) is 10.0. The first kappa shape index (κ1) is 14.9. The van der Waals surface area contributed by atoms with E-state index in [-0.39, 0.29) is 11.1 Å². The number of benzene rings is 2. The van der Waals surface area contributed by atoms with E-state index < -0.39 is 11.8 Å². The van der Waals surface area contributed by atoms with Crippen molar-refractivity contribution in [2.24, 2.45) is 5.73 Å². The van der Waals surface area contributed by atoms with Gasteiger partial charge in [-0.05, 0) is 30.3 Å². The average molecular weight is 305 g/mol. The lowest BCUT2D eigenvalue weighted by atomic mass is 10.1. The van der Waals surface area contributed by atoms with Crippen LogP contribution in [0.3, 0.4) is 0 Å². The Bertz CT molecular complexity index is 701. The number of ether oxygens (including phenoxy) is 1. The highest BCUT2D eigenvalue weighted by atomic mass is 35.5. The molecule has 0 aliphatic rings. The third-order valence-corrected chi connectivity index (χ3v) is 3.08. The lowest BCUT2D eigenvalue weighted by Crippen LogP contribution is -2.18. The summed E-state index contributed by atoms with van der Waals surface area (Å²) in [5, 5.41) is 3.04. The van der Waals surface area contributed by atoms with E-state index in [2.05, 4.69) is 5.32 Å². The van der Waals surface area contributed by atoms with E-state index in [0.717, 1.165) is 0 Å². The van der Waals surface area contributed by atoms with Crippen LogP contribution in [0.2, 0.25) is 5.02 Å². The van der Waals surface area contributed by atoms with Crippen LogP contribution in [0.25, 0.3) is 0 Å². The van der Waals surface area contributed by atoms with Crippen molar-refractivity contribution < 1.29 is 14.3 Å². The molecule has 0 saturated heterocycles. The fourth-order valence-corrected chi connectivity index (χ4v) is 2.03. The van der Waals surface area contributed by atoms with Gasteiger partial charge in [-0.15, -0.1) is 0 Å². The van der Waals surface area contributed by atoms with Gasteiger partial charge in [0.15, 0.2) is 0 Å². The van der Waals surface area contributed by atoms with Crippen LogP contribution in [0.5, 0.6) is 5.75 Å². The number of hydrogen-bond donors (Lipinski definition) is 2. The minimum Gasteiger partial charge on any atom is -0.496 e. The molecule has 2 aromatic carbocycles. The maximum Gasteiger partial charge on any atom is 0.259 e. The van der Waals surface area contributed by atoms with Gasteiger partial charge in [-0.3, -0.25) is 9.59 Å². The Balaban J connectivity index is 2.35.